The van der Waals surface area contributed by atoms with E-state index in [0.717, 1.165) is 11.3 Å². The molecule has 0 saturated heterocycles. The van der Waals surface area contributed by atoms with Crippen LogP contribution >= 0.6 is 22.7 Å². The predicted octanol–water partition coefficient (Wildman–Crippen LogP) is 4.28. The Morgan fingerprint density at radius 3 is 2.04 bits per heavy atom. The SMILES string of the molecule is CC(=O)NC(CC(=O)NC(CC(C)C)c1cccs1)c1cccs1. The Labute approximate surface area is 151 Å². The van der Waals surface area contributed by atoms with Crippen LogP contribution in [-0.2, 0) is 9.59 Å². The van der Waals surface area contributed by atoms with Crippen LogP contribution in [0.3, 0.4) is 0 Å². The van der Waals surface area contributed by atoms with Crippen LogP contribution < -0.4 is 10.6 Å². The van der Waals surface area contributed by atoms with E-state index in [1.165, 1.54) is 11.8 Å². The van der Waals surface area contributed by atoms with Crippen LogP contribution in [0.2, 0.25) is 0 Å². The third-order valence-electron chi connectivity index (χ3n) is 3.58. The summed E-state index contributed by atoms with van der Waals surface area (Å²) in [6.07, 6.45) is 1.15. The van der Waals surface area contributed by atoms with Crippen LogP contribution in [0.15, 0.2) is 35.0 Å². The highest BCUT2D eigenvalue weighted by atomic mass is 32.1. The largest absolute Gasteiger partial charge is 0.348 e. The summed E-state index contributed by atoms with van der Waals surface area (Å²) in [5, 5.41) is 10.00. The molecule has 2 heterocycles. The van der Waals surface area contributed by atoms with E-state index in [1.54, 1.807) is 22.7 Å². The Morgan fingerprint density at radius 2 is 1.58 bits per heavy atom. The van der Waals surface area contributed by atoms with Crippen LogP contribution in [0.1, 0.15) is 55.5 Å². The monoisotopic (exact) mass is 364 g/mol. The highest BCUT2D eigenvalue weighted by Gasteiger charge is 2.22. The Morgan fingerprint density at radius 1 is 1.00 bits per heavy atom. The maximum Gasteiger partial charge on any atom is 0.222 e. The summed E-state index contributed by atoms with van der Waals surface area (Å²) in [5.74, 6) is 0.320. The highest BCUT2D eigenvalue weighted by molar-refractivity contribution is 7.10. The Balaban J connectivity index is 2.04. The lowest BCUT2D eigenvalue weighted by Crippen LogP contribution is -2.34. The fraction of sp³-hybridized carbons (Fsp3) is 0.444. The molecular weight excluding hydrogens is 340 g/mol. The number of hydrogen-bond donors (Lipinski definition) is 2. The van der Waals surface area contributed by atoms with Gasteiger partial charge in [0.25, 0.3) is 0 Å². The molecule has 2 atom stereocenters. The van der Waals surface area contributed by atoms with Crippen molar-refractivity contribution in [2.24, 2.45) is 5.92 Å². The first-order valence-electron chi connectivity index (χ1n) is 8.09. The minimum Gasteiger partial charge on any atom is -0.348 e. The van der Waals surface area contributed by atoms with Crippen LogP contribution in [0, 0.1) is 5.92 Å². The zero-order valence-corrected chi connectivity index (χ0v) is 15.9. The molecular formula is C18H24N2O2S2. The number of amides is 2. The molecule has 2 amide bonds. The lowest BCUT2D eigenvalue weighted by molar-refractivity contribution is -0.123. The lowest BCUT2D eigenvalue weighted by atomic mass is 10.0. The quantitative estimate of drug-likeness (QED) is 0.734. The highest BCUT2D eigenvalue weighted by Crippen LogP contribution is 2.27. The van der Waals surface area contributed by atoms with Crippen molar-refractivity contribution in [2.45, 2.75) is 45.7 Å². The van der Waals surface area contributed by atoms with Gasteiger partial charge >= 0.3 is 0 Å². The Bertz CT molecular complexity index is 636. The van der Waals surface area contributed by atoms with Gasteiger partial charge in [0.1, 0.15) is 0 Å². The van der Waals surface area contributed by atoms with Gasteiger partial charge in [-0.1, -0.05) is 26.0 Å². The molecule has 2 aromatic rings. The molecule has 0 aromatic carbocycles. The van der Waals surface area contributed by atoms with Crippen molar-refractivity contribution in [1.29, 1.82) is 0 Å². The lowest BCUT2D eigenvalue weighted by Gasteiger charge is -2.22. The molecule has 0 radical (unpaired) electrons. The van der Waals surface area contributed by atoms with E-state index in [4.69, 9.17) is 0 Å². The summed E-state index contributed by atoms with van der Waals surface area (Å²) in [6.45, 7) is 5.78. The van der Waals surface area contributed by atoms with Crippen molar-refractivity contribution >= 4 is 34.5 Å². The van der Waals surface area contributed by atoms with Gasteiger partial charge in [-0.3, -0.25) is 9.59 Å². The number of carbonyl (C=O) groups excluding carboxylic acids is 2. The Kier molecular flexibility index (Phi) is 6.99. The van der Waals surface area contributed by atoms with Crippen LogP contribution in [-0.4, -0.2) is 11.8 Å². The zero-order valence-electron chi connectivity index (χ0n) is 14.2. The number of thiophene rings is 2. The van der Waals surface area contributed by atoms with Gasteiger partial charge in [0.2, 0.25) is 11.8 Å². The number of nitrogens with one attached hydrogen (secondary N) is 2. The van der Waals surface area contributed by atoms with Crippen molar-refractivity contribution in [3.63, 3.8) is 0 Å². The Hall–Kier alpha value is -1.66. The summed E-state index contributed by atoms with van der Waals surface area (Å²) < 4.78 is 0. The molecule has 4 nitrogen and oxygen atoms in total. The minimum atomic E-state index is -0.273. The summed E-state index contributed by atoms with van der Waals surface area (Å²) in [6, 6.07) is 7.70. The summed E-state index contributed by atoms with van der Waals surface area (Å²) >= 11 is 3.21. The van der Waals surface area contributed by atoms with E-state index >= 15 is 0 Å². The second kappa shape index (κ2) is 8.99. The fourth-order valence-corrected chi connectivity index (χ4v) is 4.17. The summed E-state index contributed by atoms with van der Waals surface area (Å²) in [5.41, 5.74) is 0. The van der Waals surface area contributed by atoms with Gasteiger partial charge in [0.15, 0.2) is 0 Å². The van der Waals surface area contributed by atoms with Crippen LogP contribution in [0.25, 0.3) is 0 Å². The molecule has 6 heteroatoms. The number of hydrogen-bond acceptors (Lipinski definition) is 4. The molecule has 0 fully saturated rings. The fourth-order valence-electron chi connectivity index (χ4n) is 2.60. The third kappa shape index (κ3) is 5.76. The normalized spacial score (nSPS) is 13.5. The van der Waals surface area contributed by atoms with E-state index in [0.29, 0.717) is 5.92 Å². The predicted molar refractivity (Wildman–Crippen MR) is 100 cm³/mol. The maximum atomic E-state index is 12.6. The van der Waals surface area contributed by atoms with E-state index in [2.05, 4.69) is 30.5 Å². The minimum absolute atomic E-state index is 0.0267. The van der Waals surface area contributed by atoms with Gasteiger partial charge in [-0.25, -0.2) is 0 Å². The molecule has 24 heavy (non-hydrogen) atoms. The van der Waals surface area contributed by atoms with Gasteiger partial charge in [-0.2, -0.15) is 0 Å². The first kappa shape index (κ1) is 18.7. The molecule has 0 bridgehead atoms. The van der Waals surface area contributed by atoms with E-state index in [1.807, 2.05) is 29.0 Å². The van der Waals surface area contributed by atoms with Crippen LogP contribution in [0.4, 0.5) is 0 Å². The molecule has 0 aliphatic carbocycles. The molecule has 2 unspecified atom stereocenters. The van der Waals surface area contributed by atoms with Gasteiger partial charge in [-0.05, 0) is 35.2 Å². The maximum absolute atomic E-state index is 12.6. The average Bonchev–Trinajstić information content (AvgIpc) is 3.18. The van der Waals surface area contributed by atoms with Gasteiger partial charge < -0.3 is 10.6 Å². The van der Waals surface area contributed by atoms with Crippen molar-refractivity contribution < 1.29 is 9.59 Å². The third-order valence-corrected chi connectivity index (χ3v) is 5.55. The molecule has 0 aliphatic heterocycles. The topological polar surface area (TPSA) is 58.2 Å². The van der Waals surface area contributed by atoms with Crippen LogP contribution in [0.5, 0.6) is 0 Å². The molecule has 0 spiro atoms. The molecule has 2 N–H and O–H groups in total. The molecule has 130 valence electrons. The molecule has 0 aliphatic rings. The second-order valence-electron chi connectivity index (χ2n) is 6.24. The molecule has 2 rings (SSSR count). The van der Waals surface area contributed by atoms with Crippen molar-refractivity contribution in [3.8, 4) is 0 Å². The van der Waals surface area contributed by atoms with E-state index < -0.39 is 0 Å². The van der Waals surface area contributed by atoms with Gasteiger partial charge in [0, 0.05) is 16.7 Å². The van der Waals surface area contributed by atoms with Crippen molar-refractivity contribution in [1.82, 2.24) is 10.6 Å². The van der Waals surface area contributed by atoms with Crippen molar-refractivity contribution in [3.05, 3.63) is 44.8 Å². The molecule has 2 aromatic heterocycles. The average molecular weight is 365 g/mol. The van der Waals surface area contributed by atoms with E-state index in [-0.39, 0.29) is 30.3 Å². The first-order chi connectivity index (χ1) is 11.5. The second-order valence-corrected chi connectivity index (χ2v) is 8.20. The van der Waals surface area contributed by atoms with Gasteiger partial charge in [0.05, 0.1) is 18.5 Å². The number of rotatable bonds is 8. The first-order valence-corrected chi connectivity index (χ1v) is 9.85. The standard InChI is InChI=1S/C18H24N2O2S2/c1-12(2)10-14(16-6-4-8-23-16)20-18(22)11-15(19-13(3)21)17-7-5-9-24-17/h4-9,12,14-15H,10-11H2,1-3H3,(H,19,21)(H,20,22). The number of carbonyl (C=O) groups is 2. The van der Waals surface area contributed by atoms with Gasteiger partial charge in [-0.15, -0.1) is 22.7 Å². The summed E-state index contributed by atoms with van der Waals surface area (Å²) in [7, 11) is 0. The summed E-state index contributed by atoms with van der Waals surface area (Å²) in [4.78, 5) is 26.2. The zero-order chi connectivity index (χ0) is 17.5. The molecule has 0 saturated carbocycles. The van der Waals surface area contributed by atoms with E-state index in [9.17, 15) is 9.59 Å². The smallest absolute Gasteiger partial charge is 0.222 e. The van der Waals surface area contributed by atoms with Crippen molar-refractivity contribution in [2.75, 3.05) is 0 Å².